The summed E-state index contributed by atoms with van der Waals surface area (Å²) in [7, 11) is 0. The van der Waals surface area contributed by atoms with Gasteiger partial charge in [-0.3, -0.25) is 4.79 Å². The van der Waals surface area contributed by atoms with E-state index in [1.807, 2.05) is 0 Å². The summed E-state index contributed by atoms with van der Waals surface area (Å²) in [4.78, 5) is 10.2. The summed E-state index contributed by atoms with van der Waals surface area (Å²) in [5, 5.41) is 2.44. The molecule has 0 aromatic rings. The molecule has 1 fully saturated rings. The van der Waals surface area contributed by atoms with Crippen LogP contribution in [0.5, 0.6) is 0 Å². The molecule has 0 spiro atoms. The molecule has 1 amide bonds. The Morgan fingerprint density at radius 3 is 3.00 bits per heavy atom. The summed E-state index contributed by atoms with van der Waals surface area (Å²) in [6.45, 7) is -0.326. The van der Waals surface area contributed by atoms with E-state index in [0.29, 0.717) is 12.8 Å². The zero-order chi connectivity index (χ0) is 5.28. The molecule has 0 aliphatic carbocycles. The molecule has 1 rings (SSSR count). The molecule has 1 atom stereocenters. The molecule has 0 aromatic heterocycles. The van der Waals surface area contributed by atoms with E-state index in [1.165, 1.54) is 0 Å². The molecule has 1 heterocycles. The summed E-state index contributed by atoms with van der Waals surface area (Å²) in [6.07, 6.45) is 1.22. The number of carbonyl (C=O) groups is 1. The van der Waals surface area contributed by atoms with Crippen molar-refractivity contribution in [2.24, 2.45) is 0 Å². The fourth-order valence-electron chi connectivity index (χ4n) is 0.461. The van der Waals surface area contributed by atoms with Crippen molar-refractivity contribution >= 4 is 5.91 Å². The fraction of sp³-hybridized carbons (Fsp3) is 0.750. The smallest absolute Gasteiger partial charge is 0.220 e. The normalized spacial score (nSPS) is 35.7. The maximum atomic E-state index is 10.2. The van der Waals surface area contributed by atoms with Crippen molar-refractivity contribution in [3.63, 3.8) is 0 Å². The number of hydrogen-bond acceptors (Lipinski definition) is 1. The zero-order valence-corrected chi connectivity index (χ0v) is 3.40. The summed E-state index contributed by atoms with van der Waals surface area (Å²) in [6, 6.07) is 0. The molecular formula is C4H7NO. The van der Waals surface area contributed by atoms with Crippen molar-refractivity contribution in [1.82, 2.24) is 5.32 Å². The van der Waals surface area contributed by atoms with Gasteiger partial charge in [0.05, 0.1) is 0 Å². The number of amides is 1. The van der Waals surface area contributed by atoms with Gasteiger partial charge in [-0.25, -0.2) is 0 Å². The molecular weight excluding hydrogens is 78.0 g/mol. The van der Waals surface area contributed by atoms with Gasteiger partial charge in [0, 0.05) is 14.3 Å². The van der Waals surface area contributed by atoms with Crippen LogP contribution in [0.25, 0.3) is 0 Å². The lowest BCUT2D eigenvalue weighted by Gasteiger charge is -1.80. The third-order valence-electron chi connectivity index (χ3n) is 0.779. The number of hydrogen-bond donors (Lipinski definition) is 1. The van der Waals surface area contributed by atoms with Crippen molar-refractivity contribution in [3.8, 4) is 0 Å². The molecule has 0 radical (unpaired) electrons. The molecule has 2 nitrogen and oxygen atoms in total. The lowest BCUT2D eigenvalue weighted by atomic mass is 10.4. The zero-order valence-electron chi connectivity index (χ0n) is 4.40. The van der Waals surface area contributed by atoms with Gasteiger partial charge in [-0.15, -0.1) is 0 Å². The second kappa shape index (κ2) is 1.29. The Hall–Kier alpha value is -0.530. The quantitative estimate of drug-likeness (QED) is 0.438. The number of nitrogens with one attached hydrogen (secondary N) is 1. The lowest BCUT2D eigenvalue weighted by Crippen LogP contribution is -2.12. The minimum Gasteiger partial charge on any atom is -0.356 e. The molecule has 1 saturated heterocycles. The summed E-state index contributed by atoms with van der Waals surface area (Å²) < 4.78 is 6.93. The van der Waals surface area contributed by atoms with E-state index in [4.69, 9.17) is 1.37 Å². The molecule has 1 aliphatic heterocycles. The third kappa shape index (κ3) is 0.506. The first-order valence-electron chi connectivity index (χ1n) is 2.58. The lowest BCUT2D eigenvalue weighted by molar-refractivity contribution is -0.119. The van der Waals surface area contributed by atoms with Gasteiger partial charge in [0.25, 0.3) is 0 Å². The molecule has 0 saturated carbocycles. The van der Waals surface area contributed by atoms with Gasteiger partial charge in [0.2, 0.25) is 5.91 Å². The Labute approximate surface area is 37.9 Å². The number of rotatable bonds is 0. The van der Waals surface area contributed by atoms with Crippen molar-refractivity contribution in [1.29, 1.82) is 0 Å². The largest absolute Gasteiger partial charge is 0.356 e. The first kappa shape index (κ1) is 2.61. The van der Waals surface area contributed by atoms with Crippen LogP contribution in [0.1, 0.15) is 14.2 Å². The van der Waals surface area contributed by atoms with E-state index < -0.39 is 0 Å². The molecule has 0 bridgehead atoms. The third-order valence-corrected chi connectivity index (χ3v) is 0.779. The molecule has 0 unspecified atom stereocenters. The molecule has 1 aliphatic rings. The van der Waals surface area contributed by atoms with Gasteiger partial charge >= 0.3 is 0 Å². The van der Waals surface area contributed by atoms with Crippen LogP contribution in [-0.2, 0) is 4.79 Å². The van der Waals surface area contributed by atoms with E-state index in [0.717, 1.165) is 0 Å². The Balaban J connectivity index is 2.40. The van der Waals surface area contributed by atoms with E-state index in [1.54, 1.807) is 0 Å². The van der Waals surface area contributed by atoms with Crippen molar-refractivity contribution in [3.05, 3.63) is 0 Å². The van der Waals surface area contributed by atoms with Gasteiger partial charge in [-0.2, -0.15) is 0 Å². The minimum atomic E-state index is -0.326. The summed E-state index contributed by atoms with van der Waals surface area (Å²) >= 11 is 0. The van der Waals surface area contributed by atoms with Crippen LogP contribution in [0.2, 0.25) is 0 Å². The van der Waals surface area contributed by atoms with Gasteiger partial charge in [-0.1, -0.05) is 0 Å². The van der Waals surface area contributed by atoms with Crippen LogP contribution < -0.4 is 5.32 Å². The van der Waals surface area contributed by atoms with Gasteiger partial charge < -0.3 is 5.32 Å². The summed E-state index contributed by atoms with van der Waals surface area (Å²) in [5.74, 6) is 0.0139. The highest BCUT2D eigenvalue weighted by molar-refractivity contribution is 5.77. The van der Waals surface area contributed by atoms with Crippen molar-refractivity contribution < 1.29 is 6.17 Å². The predicted octanol–water partition coefficient (Wildman–Crippen LogP) is -0.104. The van der Waals surface area contributed by atoms with E-state index in [9.17, 15) is 4.79 Å². The average Bonchev–Trinajstić information content (AvgIpc) is 1.87. The van der Waals surface area contributed by atoms with Gasteiger partial charge in [-0.05, 0) is 6.42 Å². The topological polar surface area (TPSA) is 29.1 Å². The first-order valence-corrected chi connectivity index (χ1v) is 2.00. The van der Waals surface area contributed by atoms with Gasteiger partial charge in [0.1, 0.15) is 0 Å². The Bertz CT molecular complexity index is 93.7. The maximum Gasteiger partial charge on any atom is 0.220 e. The molecule has 6 heavy (non-hydrogen) atoms. The van der Waals surface area contributed by atoms with E-state index >= 15 is 0 Å². The van der Waals surface area contributed by atoms with Crippen LogP contribution in [0.15, 0.2) is 0 Å². The van der Waals surface area contributed by atoms with Gasteiger partial charge in [0.15, 0.2) is 0 Å². The number of carbonyl (C=O) groups excluding carboxylic acids is 1. The molecule has 0 aromatic carbocycles. The van der Waals surface area contributed by atoms with Crippen LogP contribution >= 0.6 is 0 Å². The van der Waals surface area contributed by atoms with Crippen molar-refractivity contribution in [2.75, 3.05) is 6.52 Å². The predicted molar refractivity (Wildman–Crippen MR) is 22.2 cm³/mol. The Kier molecular flexibility index (Phi) is 0.560. The molecule has 34 valence electrons. The van der Waals surface area contributed by atoms with E-state index in [-0.39, 0.29) is 12.4 Å². The first-order chi connectivity index (χ1) is 3.29. The second-order valence-corrected chi connectivity index (χ2v) is 1.31. The highest BCUT2D eigenvalue weighted by Gasteiger charge is 2.05. The van der Waals surface area contributed by atoms with Crippen LogP contribution in [0.3, 0.4) is 0 Å². The van der Waals surface area contributed by atoms with Crippen LogP contribution in [-0.4, -0.2) is 12.4 Å². The SMILES string of the molecule is [2H][C@H]1CCC(=O)N1. The van der Waals surface area contributed by atoms with E-state index in [2.05, 4.69) is 5.32 Å². The highest BCUT2D eigenvalue weighted by atomic mass is 16.1. The highest BCUT2D eigenvalue weighted by Crippen LogP contribution is 1.93. The van der Waals surface area contributed by atoms with Crippen molar-refractivity contribution in [2.45, 2.75) is 12.8 Å². The molecule has 2 heteroatoms. The van der Waals surface area contributed by atoms with Crippen LogP contribution in [0.4, 0.5) is 0 Å². The Morgan fingerprint density at radius 2 is 2.83 bits per heavy atom. The second-order valence-electron chi connectivity index (χ2n) is 1.31. The maximum absolute atomic E-state index is 10.2. The summed E-state index contributed by atoms with van der Waals surface area (Å²) in [5.41, 5.74) is 0. The van der Waals surface area contributed by atoms with Crippen LogP contribution in [0, 0.1) is 0 Å². The standard InChI is InChI=1S/C4H7NO/c6-4-2-1-3-5-4/h1-3H2,(H,5,6)/i3D/t3-/m0/s1. The average molecular weight is 86.1 g/mol. The Morgan fingerprint density at radius 1 is 2.00 bits per heavy atom. The monoisotopic (exact) mass is 86.1 g/mol. The fourth-order valence-corrected chi connectivity index (χ4v) is 0.461. The molecule has 1 N–H and O–H groups in total. The minimum absolute atomic E-state index is 0.0139.